The number of amides is 1. The molecule has 1 atom stereocenters. The normalized spacial score (nSPS) is 21.4. The van der Waals surface area contributed by atoms with E-state index >= 15 is 0 Å². The number of nitro benzene ring substituents is 1. The minimum Gasteiger partial charge on any atom is -0.491 e. The average Bonchev–Trinajstić information content (AvgIpc) is 2.76. The molecule has 0 spiro atoms. The van der Waals surface area contributed by atoms with E-state index in [-0.39, 0.29) is 11.8 Å². The lowest BCUT2D eigenvalue weighted by Crippen LogP contribution is -2.42. The van der Waals surface area contributed by atoms with Crippen LogP contribution in [0.15, 0.2) is 18.2 Å². The summed E-state index contributed by atoms with van der Waals surface area (Å²) < 4.78 is 11.2. The van der Waals surface area contributed by atoms with Crippen molar-refractivity contribution < 1.29 is 19.2 Å². The second kappa shape index (κ2) is 7.04. The van der Waals surface area contributed by atoms with Crippen molar-refractivity contribution in [2.24, 2.45) is 0 Å². The van der Waals surface area contributed by atoms with Gasteiger partial charge in [0.15, 0.2) is 0 Å². The molecule has 0 radical (unpaired) electrons. The van der Waals surface area contributed by atoms with Crippen LogP contribution >= 0.6 is 0 Å². The Morgan fingerprint density at radius 2 is 2.21 bits per heavy atom. The Balaban J connectivity index is 1.78. The Bertz CT molecular complexity index is 636. The zero-order valence-electron chi connectivity index (χ0n) is 13.6. The Morgan fingerprint density at radius 3 is 2.96 bits per heavy atom. The van der Waals surface area contributed by atoms with Gasteiger partial charge in [-0.05, 0) is 38.9 Å². The number of ether oxygens (including phenoxy) is 2. The molecule has 1 amide bonds. The molecule has 0 saturated carbocycles. The number of rotatable bonds is 2. The van der Waals surface area contributed by atoms with Crippen molar-refractivity contribution >= 4 is 17.5 Å². The van der Waals surface area contributed by atoms with Gasteiger partial charge in [-0.1, -0.05) is 0 Å². The van der Waals surface area contributed by atoms with Gasteiger partial charge >= 0.3 is 6.09 Å². The lowest BCUT2D eigenvalue weighted by molar-refractivity contribution is -0.384. The van der Waals surface area contributed by atoms with E-state index in [2.05, 4.69) is 4.90 Å². The first kappa shape index (κ1) is 16.5. The second-order valence-corrected chi connectivity index (χ2v) is 6.17. The fourth-order valence-corrected chi connectivity index (χ4v) is 3.09. The Kier molecular flexibility index (Phi) is 4.84. The molecule has 2 aliphatic heterocycles. The number of nitrogens with zero attached hydrogens (tertiary/aromatic N) is 3. The number of hydrogen-bond acceptors (Lipinski definition) is 6. The van der Waals surface area contributed by atoms with Crippen molar-refractivity contribution in [1.29, 1.82) is 0 Å². The molecule has 8 heteroatoms. The van der Waals surface area contributed by atoms with Gasteiger partial charge in [0.1, 0.15) is 11.9 Å². The molecule has 1 unspecified atom stereocenters. The van der Waals surface area contributed by atoms with E-state index in [1.54, 1.807) is 6.07 Å². The van der Waals surface area contributed by atoms with E-state index in [4.69, 9.17) is 9.47 Å². The Morgan fingerprint density at radius 1 is 1.38 bits per heavy atom. The molecular weight excluding hydrogens is 314 g/mol. The molecule has 1 aromatic carbocycles. The molecule has 8 nitrogen and oxygen atoms in total. The Hall–Kier alpha value is -2.35. The van der Waals surface area contributed by atoms with Crippen molar-refractivity contribution in [2.75, 3.05) is 38.2 Å². The van der Waals surface area contributed by atoms with Crippen LogP contribution in [-0.4, -0.2) is 55.3 Å². The molecule has 24 heavy (non-hydrogen) atoms. The molecule has 1 fully saturated rings. The lowest BCUT2D eigenvalue weighted by atomic mass is 10.1. The number of carbonyl (C=O) groups is 1. The second-order valence-electron chi connectivity index (χ2n) is 6.17. The van der Waals surface area contributed by atoms with Crippen LogP contribution < -0.4 is 9.64 Å². The maximum absolute atomic E-state index is 12.6. The van der Waals surface area contributed by atoms with Gasteiger partial charge in [-0.25, -0.2) is 4.79 Å². The monoisotopic (exact) mass is 335 g/mol. The van der Waals surface area contributed by atoms with Crippen molar-refractivity contribution in [3.05, 3.63) is 28.3 Å². The third kappa shape index (κ3) is 3.59. The Labute approximate surface area is 140 Å². The largest absolute Gasteiger partial charge is 0.491 e. The number of nitro groups is 1. The summed E-state index contributed by atoms with van der Waals surface area (Å²) in [5, 5.41) is 10.9. The van der Waals surface area contributed by atoms with Crippen LogP contribution in [0, 0.1) is 10.1 Å². The minimum absolute atomic E-state index is 0.0575. The van der Waals surface area contributed by atoms with E-state index in [0.29, 0.717) is 31.0 Å². The van der Waals surface area contributed by atoms with E-state index in [1.165, 1.54) is 17.0 Å². The highest BCUT2D eigenvalue weighted by Crippen LogP contribution is 2.35. The van der Waals surface area contributed by atoms with Gasteiger partial charge in [-0.15, -0.1) is 0 Å². The van der Waals surface area contributed by atoms with Crippen molar-refractivity contribution in [3.8, 4) is 5.75 Å². The molecule has 1 saturated heterocycles. The first-order valence-electron chi connectivity index (χ1n) is 8.12. The number of piperidine rings is 1. The van der Waals surface area contributed by atoms with Crippen molar-refractivity contribution in [2.45, 2.75) is 25.4 Å². The highest BCUT2D eigenvalue weighted by molar-refractivity contribution is 5.90. The lowest BCUT2D eigenvalue weighted by Gasteiger charge is -2.31. The molecule has 0 N–H and O–H groups in total. The van der Waals surface area contributed by atoms with E-state index in [9.17, 15) is 14.9 Å². The first-order chi connectivity index (χ1) is 11.5. The fourth-order valence-electron chi connectivity index (χ4n) is 3.09. The van der Waals surface area contributed by atoms with Crippen molar-refractivity contribution in [1.82, 2.24) is 4.90 Å². The number of hydrogen-bond donors (Lipinski definition) is 0. The molecular formula is C16H21N3O5. The van der Waals surface area contributed by atoms with Crippen LogP contribution in [0.2, 0.25) is 0 Å². The first-order valence-corrected chi connectivity index (χ1v) is 8.12. The van der Waals surface area contributed by atoms with Crippen LogP contribution in [-0.2, 0) is 4.74 Å². The van der Waals surface area contributed by atoms with Crippen LogP contribution in [0.25, 0.3) is 0 Å². The minimum atomic E-state index is -0.477. The highest BCUT2D eigenvalue weighted by Gasteiger charge is 2.28. The summed E-state index contributed by atoms with van der Waals surface area (Å²) in [6, 6.07) is 4.28. The maximum Gasteiger partial charge on any atom is 0.414 e. The van der Waals surface area contributed by atoms with Gasteiger partial charge in [0, 0.05) is 19.2 Å². The van der Waals surface area contributed by atoms with Gasteiger partial charge in [-0.2, -0.15) is 0 Å². The smallest absolute Gasteiger partial charge is 0.414 e. The number of non-ortho nitro benzene ring substituents is 1. The van der Waals surface area contributed by atoms with Gasteiger partial charge in [0.25, 0.3) is 5.69 Å². The number of anilines is 1. The van der Waals surface area contributed by atoms with Gasteiger partial charge in [-0.3, -0.25) is 15.0 Å². The quantitative estimate of drug-likeness (QED) is 0.609. The predicted octanol–water partition coefficient (Wildman–Crippen LogP) is 2.41. The van der Waals surface area contributed by atoms with Crippen LogP contribution in [0.5, 0.6) is 5.75 Å². The molecule has 1 aromatic rings. The number of fused-ring (bicyclic) bond motifs is 1. The zero-order valence-corrected chi connectivity index (χ0v) is 13.6. The third-order valence-electron chi connectivity index (χ3n) is 4.30. The van der Waals surface area contributed by atoms with Crippen molar-refractivity contribution in [3.63, 3.8) is 0 Å². The maximum atomic E-state index is 12.6. The number of likely N-dealkylation sites (tertiary alicyclic amines) is 1. The molecule has 2 aliphatic rings. The summed E-state index contributed by atoms with van der Waals surface area (Å²) in [5.41, 5.74) is 0.463. The number of carbonyl (C=O) groups excluding carboxylic acids is 1. The molecule has 3 rings (SSSR count). The predicted molar refractivity (Wildman–Crippen MR) is 87.6 cm³/mol. The summed E-state index contributed by atoms with van der Waals surface area (Å²) in [6.07, 6.45) is 1.95. The van der Waals surface area contributed by atoms with E-state index in [1.807, 2.05) is 7.05 Å². The van der Waals surface area contributed by atoms with Crippen LogP contribution in [0.4, 0.5) is 16.2 Å². The number of likely N-dealkylation sites (N-methyl/N-ethyl adjacent to an activating group) is 1. The van der Waals surface area contributed by atoms with Gasteiger partial charge < -0.3 is 14.4 Å². The summed E-state index contributed by atoms with van der Waals surface area (Å²) in [4.78, 5) is 26.7. The van der Waals surface area contributed by atoms with E-state index in [0.717, 1.165) is 25.9 Å². The summed E-state index contributed by atoms with van der Waals surface area (Å²) in [6.45, 7) is 2.61. The van der Waals surface area contributed by atoms with E-state index < -0.39 is 11.0 Å². The molecule has 2 heterocycles. The zero-order chi connectivity index (χ0) is 17.1. The average molecular weight is 335 g/mol. The fraction of sp³-hybridized carbons (Fsp3) is 0.562. The van der Waals surface area contributed by atoms with Gasteiger partial charge in [0.2, 0.25) is 0 Å². The molecule has 0 aliphatic carbocycles. The number of benzene rings is 1. The topological polar surface area (TPSA) is 85.2 Å². The summed E-state index contributed by atoms with van der Waals surface area (Å²) >= 11 is 0. The molecule has 130 valence electrons. The summed E-state index contributed by atoms with van der Waals surface area (Å²) in [7, 11) is 2.01. The van der Waals surface area contributed by atoms with Crippen LogP contribution in [0.1, 0.15) is 19.3 Å². The SMILES string of the molecule is CN1CCCC(OC(=O)N2CCCOc3cc([N+](=O)[O-])ccc32)C1. The molecule has 0 bridgehead atoms. The molecule has 0 aromatic heterocycles. The third-order valence-corrected chi connectivity index (χ3v) is 4.30. The standard InChI is InChI=1S/C16H21N3O5/c1-17-7-2-4-13(11-17)24-16(20)18-8-3-9-23-15-10-12(19(21)22)5-6-14(15)18/h5-6,10,13H,2-4,7-9,11H2,1H3. The summed E-state index contributed by atoms with van der Waals surface area (Å²) in [5.74, 6) is 0.347. The van der Waals surface area contributed by atoms with Gasteiger partial charge in [0.05, 0.1) is 23.3 Å². The van der Waals surface area contributed by atoms with Crippen LogP contribution in [0.3, 0.4) is 0 Å². The highest BCUT2D eigenvalue weighted by atomic mass is 16.6.